The van der Waals surface area contributed by atoms with Crippen molar-refractivity contribution in [2.45, 2.75) is 22.8 Å². The Balaban J connectivity index is 2.15. The van der Waals surface area contributed by atoms with Crippen LogP contribution in [0.4, 0.5) is 5.95 Å². The first-order chi connectivity index (χ1) is 9.86. The fraction of sp³-hybridized carbons (Fsp3) is 0.500. The number of hydrogen-bond acceptors (Lipinski definition) is 7. The molecule has 0 radical (unpaired) electrons. The minimum absolute atomic E-state index is 0.0267. The molecule has 9 nitrogen and oxygen atoms in total. The Morgan fingerprint density at radius 3 is 2.90 bits per heavy atom. The van der Waals surface area contributed by atoms with Crippen LogP contribution in [-0.2, 0) is 4.74 Å². The monoisotopic (exact) mass is 335 g/mol. The van der Waals surface area contributed by atoms with Crippen LogP contribution in [0.5, 0.6) is 0 Å². The van der Waals surface area contributed by atoms with Crippen molar-refractivity contribution >= 4 is 40.3 Å². The molecule has 5 N–H and O–H groups in total. The average molecular weight is 336 g/mol. The zero-order valence-corrected chi connectivity index (χ0v) is 11.9. The van der Waals surface area contributed by atoms with E-state index in [0.29, 0.717) is 0 Å². The average Bonchev–Trinajstić information content (AvgIpc) is 2.91. The van der Waals surface area contributed by atoms with Gasteiger partial charge in [0.15, 0.2) is 21.7 Å². The Hall–Kier alpha value is -1.39. The quantitative estimate of drug-likeness (QED) is 0.523. The van der Waals surface area contributed by atoms with Crippen LogP contribution in [0.3, 0.4) is 0 Å². The zero-order chi connectivity index (χ0) is 15.4. The number of aromatic amines is 1. The molecule has 114 valence electrons. The third kappa shape index (κ3) is 2.09. The highest BCUT2D eigenvalue weighted by Gasteiger charge is 2.55. The normalized spacial score (nSPS) is 28.3. The van der Waals surface area contributed by atoms with Gasteiger partial charge < -0.3 is 20.7 Å². The number of aliphatic hydroxyl groups is 2. The second-order valence-corrected chi connectivity index (χ2v) is 6.05. The summed E-state index contributed by atoms with van der Waals surface area (Å²) < 4.78 is 4.98. The number of imidazole rings is 1. The van der Waals surface area contributed by atoms with Crippen molar-refractivity contribution in [2.24, 2.45) is 0 Å². The lowest BCUT2D eigenvalue weighted by atomic mass is 10.2. The standard InChI is InChI=1S/C10H11Cl2N5O4/c11-10(12)5(19)3(1-18)21-8(10)17-2-14-4-6(17)15-9(13)16-7(4)20/h2-3,5,8,18-19H,1H2,(H3,13,15,16,20)/t3-,5?,8-/m1/s1. The van der Waals surface area contributed by atoms with Crippen molar-refractivity contribution in [1.82, 2.24) is 19.5 Å². The van der Waals surface area contributed by atoms with Gasteiger partial charge in [-0.15, -0.1) is 0 Å². The van der Waals surface area contributed by atoms with E-state index < -0.39 is 34.9 Å². The molecule has 0 amide bonds. The summed E-state index contributed by atoms with van der Waals surface area (Å²) in [5.74, 6) is -0.110. The molecule has 2 aromatic heterocycles. The summed E-state index contributed by atoms with van der Waals surface area (Å²) in [6, 6.07) is 0. The van der Waals surface area contributed by atoms with Crippen LogP contribution in [0.2, 0.25) is 0 Å². The topological polar surface area (TPSA) is 139 Å². The summed E-state index contributed by atoms with van der Waals surface area (Å²) in [7, 11) is 0. The first-order valence-corrected chi connectivity index (χ1v) is 6.66. The third-order valence-corrected chi connectivity index (χ3v) is 4.08. The van der Waals surface area contributed by atoms with Gasteiger partial charge in [0.05, 0.1) is 12.9 Å². The summed E-state index contributed by atoms with van der Waals surface area (Å²) in [5.41, 5.74) is 5.11. The number of aliphatic hydroxyl groups excluding tert-OH is 2. The maximum absolute atomic E-state index is 11.7. The smallest absolute Gasteiger partial charge is 0.280 e. The minimum Gasteiger partial charge on any atom is -0.394 e. The second kappa shape index (κ2) is 4.82. The van der Waals surface area contributed by atoms with Crippen molar-refractivity contribution < 1.29 is 14.9 Å². The van der Waals surface area contributed by atoms with Crippen LogP contribution in [0.15, 0.2) is 11.1 Å². The maximum atomic E-state index is 11.7. The molecule has 0 aromatic carbocycles. The fourth-order valence-corrected chi connectivity index (χ4v) is 2.83. The van der Waals surface area contributed by atoms with E-state index in [1.807, 2.05) is 0 Å². The molecule has 1 aliphatic heterocycles. The molecule has 1 unspecified atom stereocenters. The van der Waals surface area contributed by atoms with Crippen molar-refractivity contribution in [3.8, 4) is 0 Å². The number of fused-ring (bicyclic) bond motifs is 1. The van der Waals surface area contributed by atoms with Crippen LogP contribution in [0, 0.1) is 0 Å². The number of H-pyrrole nitrogens is 1. The maximum Gasteiger partial charge on any atom is 0.280 e. The Morgan fingerprint density at radius 1 is 1.57 bits per heavy atom. The highest BCUT2D eigenvalue weighted by molar-refractivity contribution is 6.49. The van der Waals surface area contributed by atoms with Gasteiger partial charge in [0, 0.05) is 0 Å². The first-order valence-electron chi connectivity index (χ1n) is 5.90. The van der Waals surface area contributed by atoms with Crippen LogP contribution in [0.1, 0.15) is 6.23 Å². The van der Waals surface area contributed by atoms with Gasteiger partial charge >= 0.3 is 0 Å². The van der Waals surface area contributed by atoms with Gasteiger partial charge in [0.2, 0.25) is 5.95 Å². The largest absolute Gasteiger partial charge is 0.394 e. The van der Waals surface area contributed by atoms with E-state index in [1.54, 1.807) is 0 Å². The van der Waals surface area contributed by atoms with E-state index >= 15 is 0 Å². The number of anilines is 1. The second-order valence-electron chi connectivity index (χ2n) is 4.60. The number of hydrogen-bond donors (Lipinski definition) is 4. The molecular formula is C10H11Cl2N5O4. The molecule has 21 heavy (non-hydrogen) atoms. The molecule has 0 aliphatic carbocycles. The fourth-order valence-electron chi connectivity index (χ4n) is 2.23. The number of ether oxygens (including phenoxy) is 1. The Bertz CT molecular complexity index is 745. The Morgan fingerprint density at radius 2 is 2.29 bits per heavy atom. The van der Waals surface area contributed by atoms with Crippen LogP contribution in [-0.4, -0.2) is 52.9 Å². The number of nitrogens with zero attached hydrogens (tertiary/aromatic N) is 3. The number of halogens is 2. The molecule has 3 atom stereocenters. The number of nitrogens with one attached hydrogen (secondary N) is 1. The number of nitrogens with two attached hydrogens (primary N) is 1. The highest BCUT2D eigenvalue weighted by Crippen LogP contribution is 2.47. The molecule has 0 saturated carbocycles. The lowest BCUT2D eigenvalue weighted by Crippen LogP contribution is -2.37. The summed E-state index contributed by atoms with van der Waals surface area (Å²) in [6.07, 6.45) is -2.13. The third-order valence-electron chi connectivity index (χ3n) is 3.26. The first kappa shape index (κ1) is 14.5. The van der Waals surface area contributed by atoms with Crippen LogP contribution < -0.4 is 11.3 Å². The van der Waals surface area contributed by atoms with Crippen LogP contribution >= 0.6 is 23.2 Å². The molecule has 0 spiro atoms. The lowest BCUT2D eigenvalue weighted by Gasteiger charge is -2.23. The van der Waals surface area contributed by atoms with Gasteiger partial charge in [0.25, 0.3) is 5.56 Å². The van der Waals surface area contributed by atoms with E-state index in [4.69, 9.17) is 38.8 Å². The number of nitrogen functional groups attached to an aromatic ring is 1. The zero-order valence-electron chi connectivity index (χ0n) is 10.4. The molecule has 3 rings (SSSR count). The number of alkyl halides is 2. The Labute approximate surface area is 127 Å². The molecule has 11 heteroatoms. The SMILES string of the molecule is Nc1nc2c(ncn2[C@@H]2O[C@H](CO)C(O)C2(Cl)Cl)c(=O)[nH]1. The van der Waals surface area contributed by atoms with Gasteiger partial charge in [-0.1, -0.05) is 23.2 Å². The van der Waals surface area contributed by atoms with E-state index in [2.05, 4.69) is 15.0 Å². The molecular weight excluding hydrogens is 325 g/mol. The van der Waals surface area contributed by atoms with Gasteiger partial charge in [-0.3, -0.25) is 14.3 Å². The number of rotatable bonds is 2. The summed E-state index contributed by atoms with van der Waals surface area (Å²) in [5, 5.41) is 19.1. The van der Waals surface area contributed by atoms with Crippen molar-refractivity contribution in [1.29, 1.82) is 0 Å². The summed E-state index contributed by atoms with van der Waals surface area (Å²) in [4.78, 5) is 21.9. The van der Waals surface area contributed by atoms with E-state index in [-0.39, 0.29) is 17.1 Å². The minimum atomic E-state index is -1.75. The predicted octanol–water partition coefficient (Wildman–Crippen LogP) is -0.874. The number of aromatic nitrogens is 4. The molecule has 1 saturated heterocycles. The van der Waals surface area contributed by atoms with Gasteiger partial charge in [0.1, 0.15) is 12.2 Å². The molecule has 3 heterocycles. The molecule has 1 aliphatic rings. The molecule has 0 bridgehead atoms. The van der Waals surface area contributed by atoms with Crippen molar-refractivity contribution in [3.05, 3.63) is 16.7 Å². The molecule has 2 aromatic rings. The van der Waals surface area contributed by atoms with E-state index in [1.165, 1.54) is 10.9 Å². The van der Waals surface area contributed by atoms with Crippen molar-refractivity contribution in [3.63, 3.8) is 0 Å². The van der Waals surface area contributed by atoms with Crippen LogP contribution in [0.25, 0.3) is 11.2 Å². The van der Waals surface area contributed by atoms with E-state index in [0.717, 1.165) is 0 Å². The summed E-state index contributed by atoms with van der Waals surface area (Å²) >= 11 is 12.2. The Kier molecular flexibility index (Phi) is 3.34. The van der Waals surface area contributed by atoms with E-state index in [9.17, 15) is 9.90 Å². The van der Waals surface area contributed by atoms with Gasteiger partial charge in [-0.2, -0.15) is 4.98 Å². The van der Waals surface area contributed by atoms with Gasteiger partial charge in [-0.05, 0) is 0 Å². The highest BCUT2D eigenvalue weighted by atomic mass is 35.5. The lowest BCUT2D eigenvalue weighted by molar-refractivity contribution is -0.0434. The predicted molar refractivity (Wildman–Crippen MR) is 74.0 cm³/mol. The summed E-state index contributed by atoms with van der Waals surface area (Å²) in [6.45, 7) is -0.471. The van der Waals surface area contributed by atoms with Crippen molar-refractivity contribution in [2.75, 3.05) is 12.3 Å². The molecule has 1 fully saturated rings. The van der Waals surface area contributed by atoms with Gasteiger partial charge in [-0.25, -0.2) is 4.98 Å².